The van der Waals surface area contributed by atoms with E-state index in [0.717, 1.165) is 24.3 Å². The summed E-state index contributed by atoms with van der Waals surface area (Å²) < 4.78 is 55.3. The van der Waals surface area contributed by atoms with E-state index in [1.54, 1.807) is 0 Å². The van der Waals surface area contributed by atoms with Gasteiger partial charge < -0.3 is 5.32 Å². The molecule has 0 unspecified atom stereocenters. The molecule has 146 valence electrons. The average molecular weight is 416 g/mol. The highest BCUT2D eigenvalue weighted by molar-refractivity contribution is 6.30. The molecular formula is C17H10ClF4N3O3. The number of urea groups is 1. The lowest BCUT2D eigenvalue weighted by molar-refractivity contribution is -0.197. The molecule has 2 aromatic carbocycles. The van der Waals surface area contributed by atoms with E-state index in [-0.39, 0.29) is 15.5 Å². The molecule has 1 fully saturated rings. The Kier molecular flexibility index (Phi) is 4.76. The smallest absolute Gasteiger partial charge is 0.314 e. The van der Waals surface area contributed by atoms with Crippen LogP contribution in [-0.4, -0.2) is 29.7 Å². The number of para-hydroxylation sites is 1. The van der Waals surface area contributed by atoms with E-state index in [9.17, 15) is 31.9 Å². The van der Waals surface area contributed by atoms with E-state index < -0.39 is 41.2 Å². The third-order valence-electron chi connectivity index (χ3n) is 3.95. The number of imide groups is 1. The Bertz CT molecular complexity index is 965. The Morgan fingerprint density at radius 2 is 1.68 bits per heavy atom. The molecule has 0 spiro atoms. The molecule has 0 saturated carbocycles. The number of carbonyl (C=O) groups excluding carboxylic acids is 3. The zero-order valence-corrected chi connectivity index (χ0v) is 14.4. The summed E-state index contributed by atoms with van der Waals surface area (Å²) in [5.41, 5.74) is -4.68. The maximum absolute atomic E-state index is 13.9. The summed E-state index contributed by atoms with van der Waals surface area (Å²) in [5, 5.41) is 3.18. The number of hydrogen-bond acceptors (Lipinski definition) is 3. The van der Waals surface area contributed by atoms with Gasteiger partial charge in [-0.25, -0.2) is 14.1 Å². The first-order chi connectivity index (χ1) is 13.1. The van der Waals surface area contributed by atoms with Crippen LogP contribution in [0.15, 0.2) is 48.5 Å². The maximum atomic E-state index is 13.9. The molecule has 28 heavy (non-hydrogen) atoms. The molecule has 11 heteroatoms. The molecular weight excluding hydrogens is 406 g/mol. The van der Waals surface area contributed by atoms with Crippen LogP contribution in [0, 0.1) is 5.82 Å². The first kappa shape index (κ1) is 19.6. The quantitative estimate of drug-likeness (QED) is 0.597. The summed E-state index contributed by atoms with van der Waals surface area (Å²) in [6, 6.07) is 7.55. The number of alkyl halides is 3. The van der Waals surface area contributed by atoms with E-state index in [0.29, 0.717) is 0 Å². The second-order valence-corrected chi connectivity index (χ2v) is 6.17. The first-order valence-electron chi connectivity index (χ1n) is 7.63. The van der Waals surface area contributed by atoms with E-state index in [1.165, 1.54) is 34.9 Å². The molecule has 3 rings (SSSR count). The van der Waals surface area contributed by atoms with Gasteiger partial charge in [0.2, 0.25) is 0 Å². The van der Waals surface area contributed by atoms with E-state index >= 15 is 0 Å². The van der Waals surface area contributed by atoms with Crippen molar-refractivity contribution in [2.45, 2.75) is 11.8 Å². The van der Waals surface area contributed by atoms with Gasteiger partial charge in [0.05, 0.1) is 5.69 Å². The van der Waals surface area contributed by atoms with Crippen molar-refractivity contribution in [3.63, 3.8) is 0 Å². The summed E-state index contributed by atoms with van der Waals surface area (Å²) in [6.07, 6.45) is -5.41. The molecule has 0 bridgehead atoms. The van der Waals surface area contributed by atoms with Gasteiger partial charge in [0.15, 0.2) is 0 Å². The largest absolute Gasteiger partial charge is 0.440 e. The molecule has 0 aliphatic carbocycles. The molecule has 0 aromatic heterocycles. The van der Waals surface area contributed by atoms with Crippen LogP contribution in [0.4, 0.5) is 28.0 Å². The predicted octanol–water partition coefficient (Wildman–Crippen LogP) is 3.22. The molecule has 1 aliphatic heterocycles. The molecule has 4 amide bonds. The summed E-state index contributed by atoms with van der Waals surface area (Å²) in [6.45, 7) is 0. The number of amides is 4. The lowest BCUT2D eigenvalue weighted by Gasteiger charge is -2.29. The van der Waals surface area contributed by atoms with Crippen molar-refractivity contribution in [2.75, 3.05) is 4.90 Å². The molecule has 1 saturated heterocycles. The monoisotopic (exact) mass is 415 g/mol. The zero-order chi connectivity index (χ0) is 20.7. The number of anilines is 1. The third-order valence-corrected chi connectivity index (χ3v) is 4.20. The summed E-state index contributed by atoms with van der Waals surface area (Å²) >= 11 is 5.67. The minimum atomic E-state index is -5.41. The van der Waals surface area contributed by atoms with Crippen LogP contribution >= 0.6 is 11.6 Å². The van der Waals surface area contributed by atoms with Gasteiger partial charge in [0.25, 0.3) is 17.5 Å². The van der Waals surface area contributed by atoms with Crippen molar-refractivity contribution < 1.29 is 31.9 Å². The number of benzene rings is 2. The molecule has 1 heterocycles. The van der Waals surface area contributed by atoms with E-state index in [4.69, 9.17) is 11.6 Å². The summed E-state index contributed by atoms with van der Waals surface area (Å²) in [7, 11) is 0. The van der Waals surface area contributed by atoms with Gasteiger partial charge in [-0.15, -0.1) is 0 Å². The fourth-order valence-electron chi connectivity index (χ4n) is 2.57. The Labute approximate surface area is 160 Å². The van der Waals surface area contributed by atoms with E-state index in [1.807, 2.05) is 0 Å². The van der Waals surface area contributed by atoms with Gasteiger partial charge in [0.1, 0.15) is 5.82 Å². The van der Waals surface area contributed by atoms with Crippen LogP contribution in [0.2, 0.25) is 5.02 Å². The molecule has 0 radical (unpaired) electrons. The van der Waals surface area contributed by atoms with Crippen LogP contribution in [0.5, 0.6) is 0 Å². The Morgan fingerprint density at radius 3 is 2.25 bits per heavy atom. The standard InChI is InChI=1S/C17H10ClF4N3O3/c18-10-7-5-9(6-8-10)13(26)23-16(17(20,21)22)14(27)25(15(28)24-16)12-4-2-1-3-11(12)19/h1-8H,(H,23,26)(H,24,28)/t16-/m1/s1. The number of nitrogens with one attached hydrogen (secondary N) is 2. The second kappa shape index (κ2) is 6.79. The highest BCUT2D eigenvalue weighted by atomic mass is 35.5. The fourth-order valence-corrected chi connectivity index (χ4v) is 2.70. The van der Waals surface area contributed by atoms with Crippen molar-refractivity contribution in [3.05, 3.63) is 64.9 Å². The third kappa shape index (κ3) is 3.15. The highest BCUT2D eigenvalue weighted by Crippen LogP contribution is 2.36. The number of halogens is 5. The summed E-state index contributed by atoms with van der Waals surface area (Å²) in [5.74, 6) is -4.27. The minimum Gasteiger partial charge on any atom is -0.314 e. The van der Waals surface area contributed by atoms with Gasteiger partial charge in [-0.3, -0.25) is 14.9 Å². The van der Waals surface area contributed by atoms with Crippen LogP contribution in [-0.2, 0) is 4.79 Å². The van der Waals surface area contributed by atoms with Crippen molar-refractivity contribution in [2.24, 2.45) is 0 Å². The Balaban J connectivity index is 2.02. The average Bonchev–Trinajstić information content (AvgIpc) is 2.87. The van der Waals surface area contributed by atoms with Crippen molar-refractivity contribution in [1.29, 1.82) is 0 Å². The number of nitrogens with zero attached hydrogens (tertiary/aromatic N) is 1. The Hall–Kier alpha value is -3.14. The van der Waals surface area contributed by atoms with Crippen LogP contribution < -0.4 is 15.5 Å². The molecule has 6 nitrogen and oxygen atoms in total. The van der Waals surface area contributed by atoms with Crippen molar-refractivity contribution >= 4 is 35.1 Å². The Morgan fingerprint density at radius 1 is 1.07 bits per heavy atom. The topological polar surface area (TPSA) is 78.5 Å². The normalized spacial score (nSPS) is 19.5. The molecule has 1 atom stereocenters. The predicted molar refractivity (Wildman–Crippen MR) is 90.1 cm³/mol. The second-order valence-electron chi connectivity index (χ2n) is 5.73. The van der Waals surface area contributed by atoms with Gasteiger partial charge in [-0.2, -0.15) is 13.2 Å². The van der Waals surface area contributed by atoms with Crippen molar-refractivity contribution in [1.82, 2.24) is 10.6 Å². The van der Waals surface area contributed by atoms with Gasteiger partial charge >= 0.3 is 12.2 Å². The van der Waals surface area contributed by atoms with Gasteiger partial charge in [-0.05, 0) is 36.4 Å². The summed E-state index contributed by atoms with van der Waals surface area (Å²) in [4.78, 5) is 37.0. The van der Waals surface area contributed by atoms with E-state index in [2.05, 4.69) is 0 Å². The maximum Gasteiger partial charge on any atom is 0.440 e. The minimum absolute atomic E-state index is 0.00896. The number of hydrogen-bond donors (Lipinski definition) is 2. The SMILES string of the molecule is O=C(N[C@@]1(C(F)(F)F)NC(=O)N(c2ccccc2F)C1=O)c1ccc(Cl)cc1. The zero-order valence-electron chi connectivity index (χ0n) is 13.7. The molecule has 2 N–H and O–H groups in total. The van der Waals surface area contributed by atoms with Crippen LogP contribution in [0.3, 0.4) is 0 Å². The van der Waals surface area contributed by atoms with Crippen LogP contribution in [0.1, 0.15) is 10.4 Å². The number of rotatable bonds is 3. The first-order valence-corrected chi connectivity index (χ1v) is 8.00. The van der Waals surface area contributed by atoms with Crippen molar-refractivity contribution in [3.8, 4) is 0 Å². The molecule has 1 aliphatic rings. The fraction of sp³-hybridized carbons (Fsp3) is 0.118. The molecule has 2 aromatic rings. The van der Waals surface area contributed by atoms with Gasteiger partial charge in [0, 0.05) is 10.6 Å². The lowest BCUT2D eigenvalue weighted by Crippen LogP contribution is -2.69. The van der Waals surface area contributed by atoms with Gasteiger partial charge in [-0.1, -0.05) is 23.7 Å². The number of carbonyl (C=O) groups is 3. The highest BCUT2D eigenvalue weighted by Gasteiger charge is 2.69. The van der Waals surface area contributed by atoms with Crippen LogP contribution in [0.25, 0.3) is 0 Å². The lowest BCUT2D eigenvalue weighted by atomic mass is 10.1.